The van der Waals surface area contributed by atoms with Crippen LogP contribution >= 0.6 is 0 Å². The Morgan fingerprint density at radius 3 is 2.59 bits per heavy atom. The van der Waals surface area contributed by atoms with Gasteiger partial charge in [0, 0.05) is 19.4 Å². The molecule has 0 aromatic heterocycles. The lowest BCUT2D eigenvalue weighted by molar-refractivity contribution is -0.122. The van der Waals surface area contributed by atoms with Gasteiger partial charge in [-0.1, -0.05) is 48.6 Å². The van der Waals surface area contributed by atoms with Crippen molar-refractivity contribution in [3.8, 4) is 12.1 Å². The second-order valence-corrected chi connectivity index (χ2v) is 6.11. The van der Waals surface area contributed by atoms with Crippen LogP contribution in [0.1, 0.15) is 18.4 Å². The van der Waals surface area contributed by atoms with Crippen LogP contribution in [0.5, 0.6) is 0 Å². The zero-order chi connectivity index (χ0) is 19.5. The van der Waals surface area contributed by atoms with Gasteiger partial charge in [-0.05, 0) is 11.6 Å². The highest BCUT2D eigenvalue weighted by molar-refractivity contribution is 5.87. The maximum atomic E-state index is 12.4. The Bertz CT molecular complexity index is 804. The Morgan fingerprint density at radius 2 is 1.96 bits per heavy atom. The van der Waals surface area contributed by atoms with Gasteiger partial charge in [0.25, 0.3) is 0 Å². The van der Waals surface area contributed by atoms with Gasteiger partial charge < -0.3 is 16.0 Å². The minimum Gasteiger partial charge on any atom is -0.353 e. The molecule has 1 aliphatic rings. The molecule has 1 aromatic carbocycles. The van der Waals surface area contributed by atoms with E-state index in [9.17, 15) is 14.9 Å². The molecule has 1 aliphatic carbocycles. The average molecular weight is 363 g/mol. The Hall–Kier alpha value is -3.58. The van der Waals surface area contributed by atoms with E-state index in [4.69, 9.17) is 5.26 Å². The number of nitriles is 2. The summed E-state index contributed by atoms with van der Waals surface area (Å²) in [6.07, 6.45) is 7.74. The van der Waals surface area contributed by atoms with Crippen molar-refractivity contribution < 1.29 is 9.59 Å². The number of carbonyl (C=O) groups excluding carboxylic acids is 2. The molecule has 2 rings (SSSR count). The van der Waals surface area contributed by atoms with Crippen molar-refractivity contribution in [2.75, 3.05) is 6.54 Å². The van der Waals surface area contributed by atoms with Crippen LogP contribution in [0, 0.1) is 22.7 Å². The predicted octanol–water partition coefficient (Wildman–Crippen LogP) is 1.71. The summed E-state index contributed by atoms with van der Waals surface area (Å²) < 4.78 is 0. The number of rotatable bonds is 7. The first-order valence-electron chi connectivity index (χ1n) is 8.61. The quantitative estimate of drug-likeness (QED) is 0.639. The van der Waals surface area contributed by atoms with Gasteiger partial charge in [-0.15, -0.1) is 0 Å². The molecular weight excluding hydrogens is 342 g/mol. The number of nitrogens with zero attached hydrogens (tertiary/aromatic N) is 2. The van der Waals surface area contributed by atoms with E-state index in [1.807, 2.05) is 36.4 Å². The van der Waals surface area contributed by atoms with E-state index in [-0.39, 0.29) is 18.9 Å². The molecule has 0 heterocycles. The van der Waals surface area contributed by atoms with Crippen LogP contribution in [0.15, 0.2) is 54.6 Å². The molecule has 138 valence electrons. The summed E-state index contributed by atoms with van der Waals surface area (Å²) in [5.41, 5.74) is -0.248. The van der Waals surface area contributed by atoms with Crippen LogP contribution in [0.3, 0.4) is 0 Å². The highest BCUT2D eigenvalue weighted by Gasteiger charge is 2.30. The van der Waals surface area contributed by atoms with Crippen molar-refractivity contribution in [2.45, 2.75) is 30.8 Å². The van der Waals surface area contributed by atoms with Gasteiger partial charge in [-0.2, -0.15) is 10.5 Å². The second-order valence-electron chi connectivity index (χ2n) is 6.11. The summed E-state index contributed by atoms with van der Waals surface area (Å²) >= 11 is 0. The van der Waals surface area contributed by atoms with E-state index in [1.165, 1.54) is 0 Å². The topological polar surface area (TPSA) is 118 Å². The lowest BCUT2D eigenvalue weighted by Gasteiger charge is -2.26. The molecule has 0 saturated carbocycles. The first-order valence-corrected chi connectivity index (χ1v) is 8.61. The van der Waals surface area contributed by atoms with Crippen LogP contribution in [-0.4, -0.2) is 30.1 Å². The first kappa shape index (κ1) is 19.7. The average Bonchev–Trinajstić information content (AvgIpc) is 2.69. The zero-order valence-corrected chi connectivity index (χ0v) is 14.8. The van der Waals surface area contributed by atoms with Gasteiger partial charge in [0.1, 0.15) is 6.04 Å². The molecule has 2 atom stereocenters. The lowest BCUT2D eigenvalue weighted by Crippen LogP contribution is -2.56. The normalized spacial score (nSPS) is 18.6. The van der Waals surface area contributed by atoms with Crippen molar-refractivity contribution in [2.24, 2.45) is 0 Å². The molecule has 0 aliphatic heterocycles. The summed E-state index contributed by atoms with van der Waals surface area (Å²) in [4.78, 5) is 24.9. The van der Waals surface area contributed by atoms with E-state index >= 15 is 0 Å². The van der Waals surface area contributed by atoms with Crippen molar-refractivity contribution in [3.05, 3.63) is 60.2 Å². The molecule has 0 bridgehead atoms. The number of benzene rings is 1. The maximum Gasteiger partial charge on any atom is 0.316 e. The molecule has 7 heteroatoms. The van der Waals surface area contributed by atoms with E-state index in [0.717, 1.165) is 5.56 Å². The van der Waals surface area contributed by atoms with Crippen molar-refractivity contribution >= 4 is 11.9 Å². The number of amides is 3. The third-order valence-electron chi connectivity index (χ3n) is 4.04. The number of hydrogen-bond acceptors (Lipinski definition) is 4. The van der Waals surface area contributed by atoms with Crippen LogP contribution in [0.2, 0.25) is 0 Å². The molecule has 7 nitrogen and oxygen atoms in total. The highest BCUT2D eigenvalue weighted by Crippen LogP contribution is 2.16. The number of urea groups is 1. The summed E-state index contributed by atoms with van der Waals surface area (Å²) in [6.45, 7) is 0.208. The molecule has 3 amide bonds. The van der Waals surface area contributed by atoms with Crippen LogP contribution in [0.25, 0.3) is 0 Å². The third kappa shape index (κ3) is 6.02. The number of allylic oxidation sites excluding steroid dienone is 2. The Balaban J connectivity index is 2.06. The third-order valence-corrected chi connectivity index (χ3v) is 4.04. The first-order chi connectivity index (χ1) is 13.1. The highest BCUT2D eigenvalue weighted by atomic mass is 16.2. The standard InChI is InChI=1S/C20H21N5O2/c21-12-7-13-23-18(26)17(14-16-8-3-1-4-9-16)24-19(27)25-20(15-22)10-5-2-6-11-20/h1-6,8-10,17H,7,11,13-14H2,(H,23,26)(H2,24,25,27). The largest absolute Gasteiger partial charge is 0.353 e. The van der Waals surface area contributed by atoms with Gasteiger partial charge in [0.15, 0.2) is 5.54 Å². The van der Waals surface area contributed by atoms with Gasteiger partial charge in [0.2, 0.25) is 5.91 Å². The van der Waals surface area contributed by atoms with Crippen LogP contribution in [0.4, 0.5) is 4.79 Å². The summed E-state index contributed by atoms with van der Waals surface area (Å²) in [5.74, 6) is -0.380. The summed E-state index contributed by atoms with van der Waals surface area (Å²) in [6, 6.07) is 11.9. The minimum atomic E-state index is -1.13. The molecule has 1 aromatic rings. The summed E-state index contributed by atoms with van der Waals surface area (Å²) in [7, 11) is 0. The summed E-state index contributed by atoms with van der Waals surface area (Å²) in [5, 5.41) is 26.0. The lowest BCUT2D eigenvalue weighted by atomic mass is 9.93. The minimum absolute atomic E-state index is 0.185. The Kier molecular flexibility index (Phi) is 7.16. The fourth-order valence-electron chi connectivity index (χ4n) is 2.64. The van der Waals surface area contributed by atoms with Crippen molar-refractivity contribution in [1.82, 2.24) is 16.0 Å². The molecule has 0 saturated heterocycles. The van der Waals surface area contributed by atoms with E-state index in [0.29, 0.717) is 12.8 Å². The molecule has 0 radical (unpaired) electrons. The second kappa shape index (κ2) is 9.79. The predicted molar refractivity (Wildman–Crippen MR) is 100 cm³/mol. The number of nitrogens with one attached hydrogen (secondary N) is 3. The van der Waals surface area contributed by atoms with E-state index < -0.39 is 17.6 Å². The Morgan fingerprint density at radius 1 is 1.19 bits per heavy atom. The van der Waals surface area contributed by atoms with Crippen molar-refractivity contribution in [1.29, 1.82) is 10.5 Å². The van der Waals surface area contributed by atoms with Gasteiger partial charge in [-0.25, -0.2) is 4.79 Å². The fraction of sp³-hybridized carbons (Fsp3) is 0.300. The van der Waals surface area contributed by atoms with Crippen molar-refractivity contribution in [3.63, 3.8) is 0 Å². The van der Waals surface area contributed by atoms with Gasteiger partial charge in [0.05, 0.1) is 18.6 Å². The van der Waals surface area contributed by atoms with Crippen LogP contribution < -0.4 is 16.0 Å². The maximum absolute atomic E-state index is 12.4. The zero-order valence-electron chi connectivity index (χ0n) is 14.8. The molecule has 2 unspecified atom stereocenters. The van der Waals surface area contributed by atoms with Gasteiger partial charge in [-0.3, -0.25) is 4.79 Å². The van der Waals surface area contributed by atoms with E-state index in [2.05, 4.69) is 22.0 Å². The Labute approximate surface area is 158 Å². The van der Waals surface area contributed by atoms with Crippen LogP contribution in [-0.2, 0) is 11.2 Å². The van der Waals surface area contributed by atoms with Gasteiger partial charge >= 0.3 is 6.03 Å². The molecule has 0 fully saturated rings. The number of hydrogen-bond donors (Lipinski definition) is 3. The monoisotopic (exact) mass is 363 g/mol. The smallest absolute Gasteiger partial charge is 0.316 e. The SMILES string of the molecule is N#CCCNC(=O)C(Cc1ccccc1)NC(=O)NC1(C#N)C=CC=CC1. The molecular formula is C20H21N5O2. The molecule has 3 N–H and O–H groups in total. The molecule has 0 spiro atoms. The molecule has 27 heavy (non-hydrogen) atoms. The number of carbonyl (C=O) groups is 2. The fourth-order valence-corrected chi connectivity index (χ4v) is 2.64. The van der Waals surface area contributed by atoms with E-state index in [1.54, 1.807) is 24.3 Å².